The zero-order valence-electron chi connectivity index (χ0n) is 11.7. The minimum absolute atomic E-state index is 0.656. The molecule has 0 atom stereocenters. The topological polar surface area (TPSA) is 26.0 Å². The Bertz CT molecular complexity index is 927. The summed E-state index contributed by atoms with van der Waals surface area (Å²) in [4.78, 5) is 4.56. The van der Waals surface area contributed by atoms with Crippen LogP contribution in [0.4, 0.5) is 0 Å². The number of benzene rings is 3. The van der Waals surface area contributed by atoms with Crippen LogP contribution < -0.4 is 0 Å². The molecule has 2 nitrogen and oxygen atoms in total. The Morgan fingerprint density at radius 3 is 2.23 bits per heavy atom. The maximum absolute atomic E-state index is 5.92. The predicted octanol–water partition coefficient (Wildman–Crippen LogP) is 5.92. The average molecular weight is 350 g/mol. The lowest BCUT2D eigenvalue weighted by Gasteiger charge is -2.01. The normalized spacial score (nSPS) is 11.0. The maximum atomic E-state index is 5.92. The van der Waals surface area contributed by atoms with Crippen molar-refractivity contribution in [2.45, 2.75) is 0 Å². The van der Waals surface area contributed by atoms with E-state index in [1.165, 1.54) is 0 Å². The summed E-state index contributed by atoms with van der Waals surface area (Å²) in [6.07, 6.45) is 0. The quantitative estimate of drug-likeness (QED) is 0.448. The van der Waals surface area contributed by atoms with Gasteiger partial charge in [-0.2, -0.15) is 0 Å². The zero-order chi connectivity index (χ0) is 14.9. The van der Waals surface area contributed by atoms with Crippen molar-refractivity contribution in [2.75, 3.05) is 0 Å². The molecule has 0 N–H and O–H groups in total. The molecular formula is C19H12BrNO. The third-order valence-corrected chi connectivity index (χ3v) is 4.12. The molecule has 0 aliphatic heterocycles. The summed E-state index contributed by atoms with van der Waals surface area (Å²) in [5.41, 5.74) is 4.95. The summed E-state index contributed by atoms with van der Waals surface area (Å²) in [7, 11) is 0. The van der Waals surface area contributed by atoms with Gasteiger partial charge in [-0.3, -0.25) is 0 Å². The molecule has 1 heterocycles. The SMILES string of the molecule is Brc1ccc(-c2ccc3nc(-c4ccccc4)oc3c2)cc1. The van der Waals surface area contributed by atoms with Crippen LogP contribution in [0.2, 0.25) is 0 Å². The highest BCUT2D eigenvalue weighted by molar-refractivity contribution is 9.10. The molecule has 0 radical (unpaired) electrons. The first kappa shape index (κ1) is 13.3. The number of hydrogen-bond acceptors (Lipinski definition) is 2. The minimum atomic E-state index is 0.656. The summed E-state index contributed by atoms with van der Waals surface area (Å²) >= 11 is 3.46. The van der Waals surface area contributed by atoms with Crippen molar-refractivity contribution in [3.63, 3.8) is 0 Å². The maximum Gasteiger partial charge on any atom is 0.227 e. The number of nitrogens with zero attached hydrogens (tertiary/aromatic N) is 1. The van der Waals surface area contributed by atoms with Crippen LogP contribution in [-0.2, 0) is 0 Å². The molecule has 0 unspecified atom stereocenters. The van der Waals surface area contributed by atoms with Gasteiger partial charge in [0.1, 0.15) is 5.52 Å². The second-order valence-corrected chi connectivity index (χ2v) is 5.99. The van der Waals surface area contributed by atoms with Gasteiger partial charge in [0.2, 0.25) is 5.89 Å². The number of aromatic nitrogens is 1. The van der Waals surface area contributed by atoms with Crippen molar-refractivity contribution < 1.29 is 4.42 Å². The number of halogens is 1. The van der Waals surface area contributed by atoms with Gasteiger partial charge >= 0.3 is 0 Å². The Morgan fingerprint density at radius 1 is 0.727 bits per heavy atom. The van der Waals surface area contributed by atoms with E-state index >= 15 is 0 Å². The van der Waals surface area contributed by atoms with Gasteiger partial charge < -0.3 is 4.42 Å². The third kappa shape index (κ3) is 2.44. The van der Waals surface area contributed by atoms with E-state index in [9.17, 15) is 0 Å². The predicted molar refractivity (Wildman–Crippen MR) is 92.6 cm³/mol. The molecular weight excluding hydrogens is 338 g/mol. The van der Waals surface area contributed by atoms with E-state index in [1.54, 1.807) is 0 Å². The number of oxazole rings is 1. The molecule has 3 heteroatoms. The zero-order valence-corrected chi connectivity index (χ0v) is 13.2. The molecule has 106 valence electrons. The Kier molecular flexibility index (Phi) is 3.28. The Morgan fingerprint density at radius 2 is 1.45 bits per heavy atom. The average Bonchev–Trinajstić information content (AvgIpc) is 2.99. The minimum Gasteiger partial charge on any atom is -0.436 e. The van der Waals surface area contributed by atoms with Gasteiger partial charge in [0.15, 0.2) is 5.58 Å². The highest BCUT2D eigenvalue weighted by Gasteiger charge is 2.09. The van der Waals surface area contributed by atoms with Crippen molar-refractivity contribution in [3.8, 4) is 22.6 Å². The smallest absolute Gasteiger partial charge is 0.227 e. The van der Waals surface area contributed by atoms with Crippen molar-refractivity contribution in [2.24, 2.45) is 0 Å². The highest BCUT2D eigenvalue weighted by Crippen LogP contribution is 2.29. The van der Waals surface area contributed by atoms with E-state index in [4.69, 9.17) is 4.42 Å². The van der Waals surface area contributed by atoms with Crippen LogP contribution in [0.25, 0.3) is 33.7 Å². The molecule has 0 aliphatic carbocycles. The largest absolute Gasteiger partial charge is 0.436 e. The Balaban J connectivity index is 1.80. The van der Waals surface area contributed by atoms with E-state index < -0.39 is 0 Å². The van der Waals surface area contributed by atoms with E-state index in [0.717, 1.165) is 32.3 Å². The second-order valence-electron chi connectivity index (χ2n) is 5.07. The molecule has 0 spiro atoms. The monoisotopic (exact) mass is 349 g/mol. The van der Waals surface area contributed by atoms with Gasteiger partial charge in [0.25, 0.3) is 0 Å². The summed E-state index contributed by atoms with van der Waals surface area (Å²) in [6, 6.07) is 24.3. The second kappa shape index (κ2) is 5.43. The number of fused-ring (bicyclic) bond motifs is 1. The van der Waals surface area contributed by atoms with Crippen molar-refractivity contribution in [1.82, 2.24) is 4.98 Å². The third-order valence-electron chi connectivity index (χ3n) is 3.59. The number of hydrogen-bond donors (Lipinski definition) is 0. The van der Waals surface area contributed by atoms with Gasteiger partial charge in [-0.25, -0.2) is 4.98 Å². The Hall–Kier alpha value is -2.39. The first-order valence-corrected chi connectivity index (χ1v) is 7.81. The molecule has 0 bridgehead atoms. The molecule has 0 aliphatic rings. The summed E-state index contributed by atoms with van der Waals surface area (Å²) < 4.78 is 6.99. The summed E-state index contributed by atoms with van der Waals surface area (Å²) in [5.74, 6) is 0.656. The summed E-state index contributed by atoms with van der Waals surface area (Å²) in [6.45, 7) is 0. The number of rotatable bonds is 2. The fourth-order valence-corrected chi connectivity index (χ4v) is 2.72. The van der Waals surface area contributed by atoms with E-state index in [2.05, 4.69) is 39.1 Å². The standard InChI is InChI=1S/C19H12BrNO/c20-16-9-6-13(7-10-16)15-8-11-17-18(12-15)22-19(21-17)14-4-2-1-3-5-14/h1-12H. The Labute approximate surface area is 136 Å². The van der Waals surface area contributed by atoms with Crippen LogP contribution in [0.3, 0.4) is 0 Å². The molecule has 0 saturated carbocycles. The van der Waals surface area contributed by atoms with Gasteiger partial charge in [0, 0.05) is 10.0 Å². The van der Waals surface area contributed by atoms with Crippen molar-refractivity contribution in [3.05, 3.63) is 77.3 Å². The van der Waals surface area contributed by atoms with Crippen LogP contribution in [0.5, 0.6) is 0 Å². The van der Waals surface area contributed by atoms with Crippen LogP contribution in [0.1, 0.15) is 0 Å². The summed E-state index contributed by atoms with van der Waals surface area (Å²) in [5, 5.41) is 0. The molecule has 4 aromatic rings. The highest BCUT2D eigenvalue weighted by atomic mass is 79.9. The molecule has 22 heavy (non-hydrogen) atoms. The van der Waals surface area contributed by atoms with Crippen LogP contribution in [-0.4, -0.2) is 4.98 Å². The van der Waals surface area contributed by atoms with E-state index in [1.807, 2.05) is 54.6 Å². The van der Waals surface area contributed by atoms with Gasteiger partial charge in [-0.05, 0) is 47.5 Å². The fraction of sp³-hybridized carbons (Fsp3) is 0. The van der Waals surface area contributed by atoms with Gasteiger partial charge in [-0.1, -0.05) is 52.3 Å². The molecule has 0 saturated heterocycles. The van der Waals surface area contributed by atoms with Crippen molar-refractivity contribution in [1.29, 1.82) is 0 Å². The van der Waals surface area contributed by atoms with Crippen LogP contribution in [0.15, 0.2) is 81.7 Å². The first-order chi connectivity index (χ1) is 10.8. The van der Waals surface area contributed by atoms with Gasteiger partial charge in [-0.15, -0.1) is 0 Å². The van der Waals surface area contributed by atoms with Crippen molar-refractivity contribution >= 4 is 27.0 Å². The van der Waals surface area contributed by atoms with Gasteiger partial charge in [0.05, 0.1) is 0 Å². The molecule has 1 aromatic heterocycles. The lowest BCUT2D eigenvalue weighted by Crippen LogP contribution is -1.77. The first-order valence-electron chi connectivity index (χ1n) is 7.01. The van der Waals surface area contributed by atoms with Crippen LogP contribution >= 0.6 is 15.9 Å². The van der Waals surface area contributed by atoms with Crippen LogP contribution in [0, 0.1) is 0 Å². The van der Waals surface area contributed by atoms with E-state index in [0.29, 0.717) is 5.89 Å². The molecule has 0 fully saturated rings. The molecule has 3 aromatic carbocycles. The fourth-order valence-electron chi connectivity index (χ4n) is 2.45. The van der Waals surface area contributed by atoms with E-state index in [-0.39, 0.29) is 0 Å². The lowest BCUT2D eigenvalue weighted by atomic mass is 10.1. The molecule has 4 rings (SSSR count). The lowest BCUT2D eigenvalue weighted by molar-refractivity contribution is 0.620. The molecule has 0 amide bonds.